The van der Waals surface area contributed by atoms with Crippen LogP contribution in [0.1, 0.15) is 30.9 Å². The van der Waals surface area contributed by atoms with E-state index in [1.165, 1.54) is 18.2 Å². The third kappa shape index (κ3) is 5.11. The van der Waals surface area contributed by atoms with Gasteiger partial charge in [0.1, 0.15) is 11.6 Å². The number of carbonyl (C=O) groups is 1. The van der Waals surface area contributed by atoms with Crippen molar-refractivity contribution in [1.82, 2.24) is 0 Å². The molecule has 0 fully saturated rings. The minimum atomic E-state index is -4.55. The van der Waals surface area contributed by atoms with Crippen molar-refractivity contribution < 1.29 is 18.0 Å². The topological polar surface area (TPSA) is 64.9 Å². The molecule has 0 aliphatic carbocycles. The zero-order chi connectivity index (χ0) is 20.0. The lowest BCUT2D eigenvalue weighted by Crippen LogP contribution is -2.16. The molecule has 0 saturated carbocycles. The Bertz CT molecular complexity index is 896. The number of alkyl halides is 3. The summed E-state index contributed by atoms with van der Waals surface area (Å²) in [6.45, 7) is 3.92. The molecule has 2 rings (SSSR count). The summed E-state index contributed by atoms with van der Waals surface area (Å²) in [6, 6.07) is 13.7. The summed E-state index contributed by atoms with van der Waals surface area (Å²) in [4.78, 5) is 12.4. The fraction of sp³-hybridized carbons (Fsp3) is 0.200. The molecule has 0 radical (unpaired) electrons. The monoisotopic (exact) mass is 373 g/mol. The molecule has 0 aliphatic rings. The summed E-state index contributed by atoms with van der Waals surface area (Å²) in [6.07, 6.45) is -3.58. The molecule has 140 valence electrons. The Hall–Kier alpha value is -3.27. The van der Waals surface area contributed by atoms with Crippen LogP contribution in [-0.4, -0.2) is 5.91 Å². The maximum atomic E-state index is 13.0. The Kier molecular flexibility index (Phi) is 6.24. The van der Waals surface area contributed by atoms with Crippen LogP contribution in [0.2, 0.25) is 0 Å². The van der Waals surface area contributed by atoms with Gasteiger partial charge in [0, 0.05) is 11.9 Å². The number of carbonyl (C=O) groups excluding carboxylic acids is 1. The predicted molar refractivity (Wildman–Crippen MR) is 97.9 cm³/mol. The van der Waals surface area contributed by atoms with Crippen molar-refractivity contribution in [3.8, 4) is 6.07 Å². The molecule has 2 aromatic carbocycles. The summed E-state index contributed by atoms with van der Waals surface area (Å²) in [5, 5.41) is 14.3. The van der Waals surface area contributed by atoms with Gasteiger partial charge in [-0.25, -0.2) is 0 Å². The number of anilines is 2. The van der Waals surface area contributed by atoms with Crippen LogP contribution < -0.4 is 10.6 Å². The summed E-state index contributed by atoms with van der Waals surface area (Å²) in [7, 11) is 0. The molecular formula is C20H18F3N3O. The molecule has 2 N–H and O–H groups in total. The zero-order valence-electron chi connectivity index (χ0n) is 14.8. The molecule has 0 spiro atoms. The van der Waals surface area contributed by atoms with Crippen LogP contribution in [0, 0.1) is 11.3 Å². The Morgan fingerprint density at radius 2 is 1.67 bits per heavy atom. The van der Waals surface area contributed by atoms with Gasteiger partial charge in [0.25, 0.3) is 5.91 Å². The van der Waals surface area contributed by atoms with E-state index in [0.29, 0.717) is 5.69 Å². The van der Waals surface area contributed by atoms with Crippen molar-refractivity contribution in [2.24, 2.45) is 0 Å². The fourth-order valence-electron chi connectivity index (χ4n) is 2.46. The minimum Gasteiger partial charge on any atom is -0.360 e. The van der Waals surface area contributed by atoms with E-state index in [-0.39, 0.29) is 17.2 Å². The van der Waals surface area contributed by atoms with Gasteiger partial charge in [0.05, 0.1) is 11.3 Å². The minimum absolute atomic E-state index is 0.146. The molecule has 7 heteroatoms. The van der Waals surface area contributed by atoms with Crippen LogP contribution in [-0.2, 0) is 11.0 Å². The highest BCUT2D eigenvalue weighted by molar-refractivity contribution is 6.07. The smallest absolute Gasteiger partial charge is 0.360 e. The van der Waals surface area contributed by atoms with Gasteiger partial charge in [-0.3, -0.25) is 4.79 Å². The van der Waals surface area contributed by atoms with Gasteiger partial charge in [0.15, 0.2) is 0 Å². The van der Waals surface area contributed by atoms with E-state index in [2.05, 4.69) is 10.6 Å². The number of hydrogen-bond acceptors (Lipinski definition) is 3. The Morgan fingerprint density at radius 3 is 2.26 bits per heavy atom. The van der Waals surface area contributed by atoms with E-state index in [1.807, 2.05) is 26.0 Å². The van der Waals surface area contributed by atoms with Crippen molar-refractivity contribution in [1.29, 1.82) is 5.26 Å². The third-order valence-electron chi connectivity index (χ3n) is 3.80. The normalized spacial score (nSPS) is 11.8. The fourth-order valence-corrected chi connectivity index (χ4v) is 2.46. The van der Waals surface area contributed by atoms with E-state index in [1.54, 1.807) is 18.2 Å². The van der Waals surface area contributed by atoms with Gasteiger partial charge in [-0.15, -0.1) is 0 Å². The largest absolute Gasteiger partial charge is 0.418 e. The van der Waals surface area contributed by atoms with Gasteiger partial charge in [-0.05, 0) is 29.7 Å². The third-order valence-corrected chi connectivity index (χ3v) is 3.80. The number of rotatable bonds is 5. The molecule has 2 aromatic rings. The van der Waals surface area contributed by atoms with Crippen LogP contribution in [0.4, 0.5) is 24.5 Å². The molecule has 0 bridgehead atoms. The number of hydrogen-bond donors (Lipinski definition) is 2. The molecule has 0 aromatic heterocycles. The van der Waals surface area contributed by atoms with Crippen LogP contribution in [0.5, 0.6) is 0 Å². The number of nitrogens with zero attached hydrogens (tertiary/aromatic N) is 1. The van der Waals surface area contributed by atoms with Crippen LogP contribution >= 0.6 is 0 Å². The molecular weight excluding hydrogens is 355 g/mol. The maximum Gasteiger partial charge on any atom is 0.418 e. The Labute approximate surface area is 155 Å². The second-order valence-corrected chi connectivity index (χ2v) is 6.05. The molecule has 1 amide bonds. The van der Waals surface area contributed by atoms with Crippen molar-refractivity contribution in [3.05, 3.63) is 71.4 Å². The highest BCUT2D eigenvalue weighted by atomic mass is 19.4. The lowest BCUT2D eigenvalue weighted by atomic mass is 10.0. The molecule has 27 heavy (non-hydrogen) atoms. The number of amides is 1. The van der Waals surface area contributed by atoms with E-state index in [9.17, 15) is 23.2 Å². The first-order valence-corrected chi connectivity index (χ1v) is 8.17. The summed E-state index contributed by atoms with van der Waals surface area (Å²) >= 11 is 0. The van der Waals surface area contributed by atoms with Gasteiger partial charge >= 0.3 is 6.18 Å². The summed E-state index contributed by atoms with van der Waals surface area (Å²) in [5.74, 6) is -0.560. The molecule has 0 unspecified atom stereocenters. The SMILES string of the molecule is CC(C)c1ccccc1NC(=O)/C(C#N)=C\Nc1ccccc1C(F)(F)F. The quantitative estimate of drug-likeness (QED) is 0.553. The average Bonchev–Trinajstić information content (AvgIpc) is 2.62. The number of nitrogens with one attached hydrogen (secondary N) is 2. The number of benzene rings is 2. The number of para-hydroxylation sites is 2. The zero-order valence-corrected chi connectivity index (χ0v) is 14.8. The van der Waals surface area contributed by atoms with Gasteiger partial charge in [0.2, 0.25) is 0 Å². The van der Waals surface area contributed by atoms with E-state index >= 15 is 0 Å². The maximum absolute atomic E-state index is 13.0. The first kappa shape index (κ1) is 20.0. The van der Waals surface area contributed by atoms with E-state index in [0.717, 1.165) is 17.8 Å². The van der Waals surface area contributed by atoms with Crippen molar-refractivity contribution in [2.75, 3.05) is 10.6 Å². The lowest BCUT2D eigenvalue weighted by Gasteiger charge is -2.14. The Balaban J connectivity index is 2.23. The van der Waals surface area contributed by atoms with Crippen LogP contribution in [0.15, 0.2) is 60.3 Å². The highest BCUT2D eigenvalue weighted by Gasteiger charge is 2.33. The van der Waals surface area contributed by atoms with Crippen LogP contribution in [0.3, 0.4) is 0 Å². The van der Waals surface area contributed by atoms with Crippen molar-refractivity contribution >= 4 is 17.3 Å². The van der Waals surface area contributed by atoms with Crippen LogP contribution in [0.25, 0.3) is 0 Å². The predicted octanol–water partition coefficient (Wildman–Crippen LogP) is 5.29. The van der Waals surface area contributed by atoms with Gasteiger partial charge in [-0.1, -0.05) is 44.2 Å². The standard InChI is InChI=1S/C20H18F3N3O/c1-13(2)15-7-3-5-9-17(15)26-19(27)14(11-24)12-25-18-10-6-4-8-16(18)20(21,22)23/h3-10,12-13,25H,1-2H3,(H,26,27)/b14-12-. The second-order valence-electron chi connectivity index (χ2n) is 6.05. The molecule has 0 saturated heterocycles. The molecule has 0 atom stereocenters. The molecule has 0 heterocycles. The Morgan fingerprint density at radius 1 is 1.07 bits per heavy atom. The molecule has 4 nitrogen and oxygen atoms in total. The van der Waals surface area contributed by atoms with E-state index in [4.69, 9.17) is 0 Å². The van der Waals surface area contributed by atoms with Gasteiger partial charge in [-0.2, -0.15) is 18.4 Å². The number of nitriles is 1. The van der Waals surface area contributed by atoms with Crippen molar-refractivity contribution in [3.63, 3.8) is 0 Å². The average molecular weight is 373 g/mol. The first-order valence-electron chi connectivity index (χ1n) is 8.17. The van der Waals surface area contributed by atoms with Gasteiger partial charge < -0.3 is 10.6 Å². The molecule has 0 aliphatic heterocycles. The van der Waals surface area contributed by atoms with E-state index < -0.39 is 17.6 Å². The first-order chi connectivity index (χ1) is 12.7. The summed E-state index contributed by atoms with van der Waals surface area (Å²) in [5.41, 5.74) is -0.0318. The lowest BCUT2D eigenvalue weighted by molar-refractivity contribution is -0.136. The highest BCUT2D eigenvalue weighted by Crippen LogP contribution is 2.34. The van der Waals surface area contributed by atoms with Crippen molar-refractivity contribution in [2.45, 2.75) is 25.9 Å². The second kappa shape index (κ2) is 8.41. The number of halogens is 3. The summed E-state index contributed by atoms with van der Waals surface area (Å²) < 4.78 is 39.0.